The first-order valence-corrected chi connectivity index (χ1v) is 13.6. The van der Waals surface area contributed by atoms with Gasteiger partial charge in [-0.2, -0.15) is 0 Å². The Morgan fingerprint density at radius 3 is 2.54 bits per heavy atom. The molecule has 1 saturated heterocycles. The Morgan fingerprint density at radius 1 is 1.11 bits per heavy atom. The van der Waals surface area contributed by atoms with Crippen molar-refractivity contribution in [1.29, 1.82) is 0 Å². The van der Waals surface area contributed by atoms with Crippen LogP contribution in [0.5, 0.6) is 5.75 Å². The van der Waals surface area contributed by atoms with E-state index in [4.69, 9.17) is 14.5 Å². The highest BCUT2D eigenvalue weighted by atomic mass is 32.1. The number of fused-ring (bicyclic) bond motifs is 2. The van der Waals surface area contributed by atoms with E-state index in [-0.39, 0.29) is 17.5 Å². The van der Waals surface area contributed by atoms with Crippen LogP contribution in [-0.2, 0) is 22.6 Å². The SMILES string of the molecule is CCc1cc(C(=O)O)ccc1COc1ccc(C)cc1-c1csc(N2CC3CCC(C2)C3C(=O)OC)n1. The normalized spacial score (nSPS) is 20.6. The van der Waals surface area contributed by atoms with Crippen LogP contribution >= 0.6 is 11.3 Å². The van der Waals surface area contributed by atoms with E-state index in [1.807, 2.05) is 25.1 Å². The number of carboxylic acid groups (broad SMARTS) is 1. The first-order valence-electron chi connectivity index (χ1n) is 12.7. The summed E-state index contributed by atoms with van der Waals surface area (Å²) in [5, 5.41) is 12.4. The Hall–Kier alpha value is -3.39. The second kappa shape index (κ2) is 10.5. The minimum atomic E-state index is -0.926. The highest BCUT2D eigenvalue weighted by molar-refractivity contribution is 7.14. The van der Waals surface area contributed by atoms with Crippen molar-refractivity contribution in [2.75, 3.05) is 25.1 Å². The van der Waals surface area contributed by atoms with Crippen LogP contribution in [0.2, 0.25) is 0 Å². The summed E-state index contributed by atoms with van der Waals surface area (Å²) >= 11 is 1.63. The van der Waals surface area contributed by atoms with Gasteiger partial charge in [-0.05, 0) is 73.4 Å². The fourth-order valence-corrected chi connectivity index (χ4v) is 6.63. The Morgan fingerprint density at radius 2 is 1.86 bits per heavy atom. The molecule has 1 aliphatic heterocycles. The van der Waals surface area contributed by atoms with Gasteiger partial charge in [-0.1, -0.05) is 24.6 Å². The summed E-state index contributed by atoms with van der Waals surface area (Å²) < 4.78 is 11.4. The number of carbonyl (C=O) groups excluding carboxylic acids is 1. The van der Waals surface area contributed by atoms with E-state index in [0.29, 0.717) is 18.4 Å². The number of ether oxygens (including phenoxy) is 2. The van der Waals surface area contributed by atoms with E-state index < -0.39 is 5.97 Å². The van der Waals surface area contributed by atoms with Gasteiger partial charge in [0.25, 0.3) is 0 Å². The molecule has 2 aliphatic rings. The van der Waals surface area contributed by atoms with Crippen LogP contribution in [0, 0.1) is 24.7 Å². The molecule has 2 unspecified atom stereocenters. The molecule has 0 spiro atoms. The van der Waals surface area contributed by atoms with Crippen LogP contribution in [0.3, 0.4) is 0 Å². The Kier molecular flexibility index (Phi) is 7.20. The molecule has 37 heavy (non-hydrogen) atoms. The number of piperidine rings is 1. The number of aromatic nitrogens is 1. The van der Waals surface area contributed by atoms with Crippen molar-refractivity contribution in [2.45, 2.75) is 39.7 Å². The zero-order valence-electron chi connectivity index (χ0n) is 21.4. The van der Waals surface area contributed by atoms with Gasteiger partial charge in [0.15, 0.2) is 5.13 Å². The molecule has 0 amide bonds. The third-order valence-corrected chi connectivity index (χ3v) is 8.60. The van der Waals surface area contributed by atoms with Crippen LogP contribution in [0.15, 0.2) is 41.8 Å². The zero-order chi connectivity index (χ0) is 26.1. The number of methoxy groups -OCH3 is 1. The van der Waals surface area contributed by atoms with Crippen molar-refractivity contribution in [3.05, 3.63) is 64.0 Å². The van der Waals surface area contributed by atoms with Gasteiger partial charge >= 0.3 is 11.9 Å². The summed E-state index contributed by atoms with van der Waals surface area (Å²) in [5.41, 5.74) is 5.16. The number of anilines is 1. The van der Waals surface area contributed by atoms with Crippen molar-refractivity contribution < 1.29 is 24.2 Å². The Balaban J connectivity index is 1.35. The second-order valence-corrected chi connectivity index (χ2v) is 10.8. The molecule has 1 aromatic heterocycles. The minimum absolute atomic E-state index is 0.00929. The van der Waals surface area contributed by atoms with E-state index in [9.17, 15) is 14.7 Å². The molecule has 2 bridgehead atoms. The van der Waals surface area contributed by atoms with Crippen LogP contribution in [0.25, 0.3) is 11.3 Å². The number of thiazole rings is 1. The lowest BCUT2D eigenvalue weighted by molar-refractivity contribution is -0.148. The van der Waals surface area contributed by atoms with Gasteiger partial charge in [-0.15, -0.1) is 11.3 Å². The van der Waals surface area contributed by atoms with Gasteiger partial charge in [-0.3, -0.25) is 4.79 Å². The zero-order valence-corrected chi connectivity index (χ0v) is 22.2. The molecule has 2 atom stereocenters. The molecular formula is C29H32N2O5S. The molecule has 1 saturated carbocycles. The van der Waals surface area contributed by atoms with Gasteiger partial charge < -0.3 is 19.5 Å². The van der Waals surface area contributed by atoms with Crippen molar-refractivity contribution in [3.63, 3.8) is 0 Å². The number of nitrogens with zero attached hydrogens (tertiary/aromatic N) is 2. The van der Waals surface area contributed by atoms with Gasteiger partial charge in [-0.25, -0.2) is 9.78 Å². The molecule has 5 rings (SSSR count). The van der Waals surface area contributed by atoms with Gasteiger partial charge in [0.1, 0.15) is 12.4 Å². The van der Waals surface area contributed by atoms with Gasteiger partial charge in [0.05, 0.1) is 24.3 Å². The summed E-state index contributed by atoms with van der Waals surface area (Å²) in [5.74, 6) is 0.391. The molecule has 194 valence electrons. The van der Waals surface area contributed by atoms with Crippen molar-refractivity contribution >= 4 is 28.4 Å². The van der Waals surface area contributed by atoms with Crippen LogP contribution < -0.4 is 9.64 Å². The topological polar surface area (TPSA) is 89.0 Å². The summed E-state index contributed by atoms with van der Waals surface area (Å²) in [7, 11) is 1.48. The molecule has 3 aromatic rings. The lowest BCUT2D eigenvalue weighted by Gasteiger charge is -2.36. The molecule has 7 nitrogen and oxygen atoms in total. The molecule has 1 aliphatic carbocycles. The maximum Gasteiger partial charge on any atom is 0.335 e. The number of aryl methyl sites for hydroxylation is 2. The van der Waals surface area contributed by atoms with Crippen molar-refractivity contribution in [2.24, 2.45) is 17.8 Å². The van der Waals surface area contributed by atoms with Crippen LogP contribution in [0.1, 0.15) is 46.8 Å². The van der Waals surface area contributed by atoms with Gasteiger partial charge in [0.2, 0.25) is 0 Å². The summed E-state index contributed by atoms with van der Waals surface area (Å²) in [4.78, 5) is 31.0. The predicted octanol–water partition coefficient (Wildman–Crippen LogP) is 5.59. The summed E-state index contributed by atoms with van der Waals surface area (Å²) in [6.07, 6.45) is 2.84. The molecule has 2 aromatic carbocycles. The van der Waals surface area contributed by atoms with E-state index >= 15 is 0 Å². The number of aromatic carboxylic acids is 1. The standard InChI is InChI=1S/C29H32N2O5S/c1-4-18-12-19(27(32)33)6-9-22(18)15-36-25-10-5-17(2)11-23(25)24-16-37-29(30-24)31-13-20-7-8-21(14-31)26(20)28(34)35-3/h5-6,9-12,16,20-21,26H,4,7-8,13-15H2,1-3H3,(H,32,33). The maximum absolute atomic E-state index is 12.3. The average Bonchev–Trinajstić information content (AvgIpc) is 3.49. The first-order chi connectivity index (χ1) is 17.9. The number of hydrogen-bond donors (Lipinski definition) is 1. The average molecular weight is 521 g/mol. The van der Waals surface area contributed by atoms with Gasteiger partial charge in [0, 0.05) is 24.0 Å². The highest BCUT2D eigenvalue weighted by Crippen LogP contribution is 2.45. The number of benzene rings is 2. The van der Waals surface area contributed by atoms with E-state index in [2.05, 4.69) is 23.3 Å². The smallest absolute Gasteiger partial charge is 0.335 e. The van der Waals surface area contributed by atoms with Crippen LogP contribution in [0.4, 0.5) is 5.13 Å². The Bertz CT molecular complexity index is 1310. The fourth-order valence-electron chi connectivity index (χ4n) is 5.79. The third kappa shape index (κ3) is 5.07. The lowest BCUT2D eigenvalue weighted by Crippen LogP contribution is -2.45. The monoisotopic (exact) mass is 520 g/mol. The maximum atomic E-state index is 12.3. The minimum Gasteiger partial charge on any atom is -0.488 e. The molecule has 2 fully saturated rings. The van der Waals surface area contributed by atoms with E-state index in [1.54, 1.807) is 23.5 Å². The first kappa shape index (κ1) is 25.3. The number of rotatable bonds is 8. The third-order valence-electron chi connectivity index (χ3n) is 7.70. The number of carbonyl (C=O) groups is 2. The Labute approximate surface area is 221 Å². The quantitative estimate of drug-likeness (QED) is 0.387. The second-order valence-electron chi connectivity index (χ2n) is 10.00. The molecular weight excluding hydrogens is 488 g/mol. The molecule has 2 heterocycles. The summed E-state index contributed by atoms with van der Waals surface area (Å²) in [6, 6.07) is 11.3. The van der Waals surface area contributed by atoms with E-state index in [1.165, 1.54) is 7.11 Å². The van der Waals surface area contributed by atoms with Crippen molar-refractivity contribution in [1.82, 2.24) is 4.98 Å². The summed E-state index contributed by atoms with van der Waals surface area (Å²) in [6.45, 7) is 6.06. The molecule has 0 radical (unpaired) electrons. The predicted molar refractivity (Wildman–Crippen MR) is 143 cm³/mol. The van der Waals surface area contributed by atoms with Crippen LogP contribution in [-0.4, -0.2) is 42.2 Å². The number of hydrogen-bond acceptors (Lipinski definition) is 7. The largest absolute Gasteiger partial charge is 0.488 e. The van der Waals surface area contributed by atoms with E-state index in [0.717, 1.165) is 71.2 Å². The fraction of sp³-hybridized carbons (Fsp3) is 0.414. The number of carboxylic acids is 1. The molecule has 1 N–H and O–H groups in total. The molecule has 8 heteroatoms. The van der Waals surface area contributed by atoms with Crippen molar-refractivity contribution in [3.8, 4) is 17.0 Å². The lowest BCUT2D eigenvalue weighted by atomic mass is 9.85. The number of esters is 1. The highest BCUT2D eigenvalue weighted by Gasteiger charge is 2.47.